The highest BCUT2D eigenvalue weighted by molar-refractivity contribution is 7.20. The van der Waals surface area contributed by atoms with E-state index in [0.717, 1.165) is 31.6 Å². The number of carbonyl (C=O) groups is 1. The third kappa shape index (κ3) is 4.05. The minimum Gasteiger partial charge on any atom is -0.462 e. The van der Waals surface area contributed by atoms with Gasteiger partial charge in [0, 0.05) is 13.1 Å². The van der Waals surface area contributed by atoms with E-state index in [4.69, 9.17) is 9.72 Å². The Balaban J connectivity index is 2.33. The molecule has 2 heterocycles. The van der Waals surface area contributed by atoms with E-state index >= 15 is 0 Å². The number of ether oxygens (including phenoxy) is 1. The number of carbonyl (C=O) groups excluding carboxylic acids is 1. The summed E-state index contributed by atoms with van der Waals surface area (Å²) in [5.74, 6) is 0.216. The summed E-state index contributed by atoms with van der Waals surface area (Å²) in [6.45, 7) is 9.67. The zero-order valence-electron chi connectivity index (χ0n) is 17.4. The molecule has 6 nitrogen and oxygen atoms in total. The molecule has 0 saturated heterocycles. The summed E-state index contributed by atoms with van der Waals surface area (Å²) in [6, 6.07) is 9.55. The molecule has 2 aromatic heterocycles. The number of esters is 1. The highest BCUT2D eigenvalue weighted by Crippen LogP contribution is 2.30. The van der Waals surface area contributed by atoms with Crippen molar-refractivity contribution in [3.63, 3.8) is 0 Å². The number of hydrogen-bond acceptors (Lipinski definition) is 6. The third-order valence-electron chi connectivity index (χ3n) is 4.69. The average molecular weight is 414 g/mol. The molecule has 0 aliphatic rings. The van der Waals surface area contributed by atoms with E-state index in [1.165, 1.54) is 11.3 Å². The Hall–Kier alpha value is -2.67. The number of para-hydroxylation sites is 1. The number of aryl methyl sites for hydroxylation is 1. The van der Waals surface area contributed by atoms with Gasteiger partial charge in [-0.15, -0.1) is 11.3 Å². The topological polar surface area (TPSA) is 64.4 Å². The molecule has 0 radical (unpaired) electrons. The summed E-state index contributed by atoms with van der Waals surface area (Å²) in [5, 5.41) is 0.485. The number of hydrogen-bond donors (Lipinski definition) is 0. The fourth-order valence-electron chi connectivity index (χ4n) is 3.44. The van der Waals surface area contributed by atoms with Crippen LogP contribution < -0.4 is 10.5 Å². The van der Waals surface area contributed by atoms with E-state index in [-0.39, 0.29) is 5.56 Å². The lowest BCUT2D eigenvalue weighted by Gasteiger charge is -2.25. The van der Waals surface area contributed by atoms with E-state index in [1.54, 1.807) is 18.4 Å². The Labute approximate surface area is 174 Å². The Morgan fingerprint density at radius 3 is 2.38 bits per heavy atom. The molecule has 0 saturated carbocycles. The Kier molecular flexibility index (Phi) is 6.69. The number of aromatic nitrogens is 2. The van der Waals surface area contributed by atoms with Crippen molar-refractivity contribution in [2.75, 3.05) is 24.6 Å². The van der Waals surface area contributed by atoms with Crippen LogP contribution in [0.1, 0.15) is 48.8 Å². The number of fused-ring (bicyclic) bond motifs is 1. The van der Waals surface area contributed by atoms with Crippen molar-refractivity contribution in [3.8, 4) is 5.69 Å². The van der Waals surface area contributed by atoms with Crippen molar-refractivity contribution < 1.29 is 9.53 Å². The Bertz CT molecular complexity index is 1050. The monoisotopic (exact) mass is 413 g/mol. The molecule has 0 spiro atoms. The van der Waals surface area contributed by atoms with Crippen LogP contribution >= 0.6 is 11.3 Å². The van der Waals surface area contributed by atoms with E-state index in [0.29, 0.717) is 33.2 Å². The van der Waals surface area contributed by atoms with Gasteiger partial charge < -0.3 is 9.64 Å². The van der Waals surface area contributed by atoms with Crippen molar-refractivity contribution in [2.24, 2.45) is 0 Å². The van der Waals surface area contributed by atoms with Gasteiger partial charge in [-0.3, -0.25) is 4.79 Å². The second-order valence-electron chi connectivity index (χ2n) is 6.83. The smallest absolute Gasteiger partial charge is 0.348 e. The van der Waals surface area contributed by atoms with Gasteiger partial charge in [0.15, 0.2) is 0 Å². The first-order valence-corrected chi connectivity index (χ1v) is 10.9. The van der Waals surface area contributed by atoms with Crippen LogP contribution in [-0.2, 0) is 4.74 Å². The first-order valence-electron chi connectivity index (χ1n) is 10.1. The van der Waals surface area contributed by atoms with Gasteiger partial charge >= 0.3 is 5.97 Å². The molecule has 154 valence electrons. The second kappa shape index (κ2) is 9.22. The van der Waals surface area contributed by atoms with Crippen molar-refractivity contribution in [1.82, 2.24) is 9.55 Å². The number of rotatable bonds is 8. The average Bonchev–Trinajstić information content (AvgIpc) is 3.05. The highest BCUT2D eigenvalue weighted by atomic mass is 32.1. The van der Waals surface area contributed by atoms with Gasteiger partial charge in [-0.2, -0.15) is 0 Å². The van der Waals surface area contributed by atoms with Crippen LogP contribution in [0, 0.1) is 6.92 Å². The number of thiophene rings is 1. The molecule has 0 fully saturated rings. The minimum atomic E-state index is -0.404. The van der Waals surface area contributed by atoms with Gasteiger partial charge in [0.05, 0.1) is 17.7 Å². The third-order valence-corrected chi connectivity index (χ3v) is 5.86. The van der Waals surface area contributed by atoms with Gasteiger partial charge in [0.25, 0.3) is 5.56 Å². The van der Waals surface area contributed by atoms with Crippen molar-refractivity contribution >= 4 is 33.5 Å². The largest absolute Gasteiger partial charge is 0.462 e. The molecule has 0 bridgehead atoms. The summed E-state index contributed by atoms with van der Waals surface area (Å²) >= 11 is 1.23. The molecule has 0 aliphatic heterocycles. The maximum Gasteiger partial charge on any atom is 0.348 e. The normalized spacial score (nSPS) is 11.0. The highest BCUT2D eigenvalue weighted by Gasteiger charge is 2.24. The molecule has 0 N–H and O–H groups in total. The standard InChI is InChI=1S/C22H27N3O3S/c1-5-13-24(14-6-2)22-23-19-17(15(4)18(29-19)21(27)28-7-3)20(26)25(22)16-11-9-8-10-12-16/h8-12H,5-7,13-14H2,1-4H3. The zero-order valence-corrected chi connectivity index (χ0v) is 18.2. The van der Waals surface area contributed by atoms with Gasteiger partial charge in [0.2, 0.25) is 5.95 Å². The molecule has 0 atom stereocenters. The van der Waals surface area contributed by atoms with Crippen LogP contribution in [0.25, 0.3) is 15.9 Å². The fraction of sp³-hybridized carbons (Fsp3) is 0.409. The molecule has 7 heteroatoms. The number of benzene rings is 1. The molecular formula is C22H27N3O3S. The zero-order chi connectivity index (χ0) is 21.0. The summed E-state index contributed by atoms with van der Waals surface area (Å²) in [5.41, 5.74) is 1.25. The Morgan fingerprint density at radius 1 is 1.14 bits per heavy atom. The second-order valence-corrected chi connectivity index (χ2v) is 7.83. The predicted molar refractivity (Wildman–Crippen MR) is 119 cm³/mol. The fourth-order valence-corrected chi connectivity index (χ4v) is 4.50. The van der Waals surface area contributed by atoms with Crippen molar-refractivity contribution in [1.29, 1.82) is 0 Å². The summed E-state index contributed by atoms with van der Waals surface area (Å²) < 4.78 is 6.84. The summed E-state index contributed by atoms with van der Waals surface area (Å²) in [4.78, 5) is 34.0. The predicted octanol–water partition coefficient (Wildman–Crippen LogP) is 4.56. The van der Waals surface area contributed by atoms with Gasteiger partial charge in [-0.05, 0) is 44.4 Å². The number of nitrogens with zero attached hydrogens (tertiary/aromatic N) is 3. The van der Waals surface area contributed by atoms with Crippen LogP contribution in [0.15, 0.2) is 35.1 Å². The van der Waals surface area contributed by atoms with Gasteiger partial charge in [-0.1, -0.05) is 32.0 Å². The molecule has 29 heavy (non-hydrogen) atoms. The SMILES string of the molecule is CCCN(CCC)c1nc2sc(C(=O)OCC)c(C)c2c(=O)n1-c1ccccc1. The lowest BCUT2D eigenvalue weighted by Crippen LogP contribution is -2.33. The minimum absolute atomic E-state index is 0.155. The molecular weight excluding hydrogens is 386 g/mol. The van der Waals surface area contributed by atoms with Crippen LogP contribution in [-0.4, -0.2) is 35.2 Å². The van der Waals surface area contributed by atoms with E-state index < -0.39 is 5.97 Å². The molecule has 0 amide bonds. The van der Waals surface area contributed by atoms with E-state index in [9.17, 15) is 9.59 Å². The van der Waals surface area contributed by atoms with Crippen LogP contribution in [0.2, 0.25) is 0 Å². The molecule has 3 aromatic rings. The quantitative estimate of drug-likeness (QED) is 0.507. The lowest BCUT2D eigenvalue weighted by molar-refractivity contribution is 0.0531. The van der Waals surface area contributed by atoms with Crippen molar-refractivity contribution in [2.45, 2.75) is 40.5 Å². The first-order chi connectivity index (χ1) is 14.0. The van der Waals surface area contributed by atoms with Crippen LogP contribution in [0.5, 0.6) is 0 Å². The summed E-state index contributed by atoms with van der Waals surface area (Å²) in [7, 11) is 0. The summed E-state index contributed by atoms with van der Waals surface area (Å²) in [6.07, 6.45) is 1.89. The lowest BCUT2D eigenvalue weighted by atomic mass is 10.2. The first kappa shape index (κ1) is 21.0. The molecule has 0 unspecified atom stereocenters. The molecule has 3 rings (SSSR count). The van der Waals surface area contributed by atoms with E-state index in [1.807, 2.05) is 30.3 Å². The maximum atomic E-state index is 13.6. The number of anilines is 1. The van der Waals surface area contributed by atoms with Crippen LogP contribution in [0.3, 0.4) is 0 Å². The molecule has 0 aliphatic carbocycles. The van der Waals surface area contributed by atoms with Crippen LogP contribution in [0.4, 0.5) is 5.95 Å². The van der Waals surface area contributed by atoms with E-state index in [2.05, 4.69) is 18.7 Å². The maximum absolute atomic E-state index is 13.6. The molecule has 1 aromatic carbocycles. The van der Waals surface area contributed by atoms with Gasteiger partial charge in [-0.25, -0.2) is 14.3 Å². The Morgan fingerprint density at radius 2 is 1.79 bits per heavy atom. The van der Waals surface area contributed by atoms with Gasteiger partial charge in [0.1, 0.15) is 9.71 Å². The van der Waals surface area contributed by atoms with Crippen molar-refractivity contribution in [3.05, 3.63) is 51.1 Å².